The molecule has 2 rings (SSSR count). The molecule has 1 amide bonds. The lowest BCUT2D eigenvalue weighted by molar-refractivity contribution is -0.117. The summed E-state index contributed by atoms with van der Waals surface area (Å²) < 4.78 is 31.6. The number of carbonyl (C=O) groups is 1. The van der Waals surface area contributed by atoms with Gasteiger partial charge in [-0.2, -0.15) is 8.42 Å². The van der Waals surface area contributed by atoms with Crippen molar-refractivity contribution < 1.29 is 27.4 Å². The summed E-state index contributed by atoms with van der Waals surface area (Å²) in [7, 11) is -4.67. The van der Waals surface area contributed by atoms with Gasteiger partial charge in [-0.1, -0.05) is 18.5 Å². The van der Waals surface area contributed by atoms with Gasteiger partial charge in [0.05, 0.1) is 17.8 Å². The molecular formula is C20H30ClN3O6S. The van der Waals surface area contributed by atoms with Crippen molar-refractivity contribution in [3.8, 4) is 0 Å². The highest BCUT2D eigenvalue weighted by Gasteiger charge is 2.21. The molecule has 1 aromatic heterocycles. The zero-order valence-corrected chi connectivity index (χ0v) is 19.5. The fourth-order valence-electron chi connectivity index (χ4n) is 3.34. The van der Waals surface area contributed by atoms with E-state index in [2.05, 4.69) is 23.7 Å². The van der Waals surface area contributed by atoms with Gasteiger partial charge < -0.3 is 14.9 Å². The highest BCUT2D eigenvalue weighted by atomic mass is 35.5. The number of pyridine rings is 1. The number of aliphatic hydroxyl groups excluding tert-OH is 1. The zero-order valence-electron chi connectivity index (χ0n) is 17.9. The minimum atomic E-state index is -4.67. The Morgan fingerprint density at radius 1 is 1.23 bits per heavy atom. The van der Waals surface area contributed by atoms with Gasteiger partial charge in [-0.15, -0.1) is 0 Å². The Kier molecular flexibility index (Phi) is 11.3. The van der Waals surface area contributed by atoms with Gasteiger partial charge in [-0.25, -0.2) is 0 Å². The number of likely N-dealkylation sites (N-methyl/N-ethyl adjacent to an activating group) is 1. The molecule has 0 spiro atoms. The van der Waals surface area contributed by atoms with Crippen molar-refractivity contribution in [3.63, 3.8) is 0 Å². The van der Waals surface area contributed by atoms with Crippen LogP contribution in [0.1, 0.15) is 33.6 Å². The fraction of sp³-hybridized carbons (Fsp3) is 0.500. The first kappa shape index (κ1) is 27.2. The van der Waals surface area contributed by atoms with Gasteiger partial charge in [0, 0.05) is 36.1 Å². The van der Waals surface area contributed by atoms with E-state index < -0.39 is 10.4 Å². The number of halogens is 1. The molecule has 31 heavy (non-hydrogen) atoms. The molecule has 9 nitrogen and oxygen atoms in total. The zero-order chi connectivity index (χ0) is 23.6. The smallest absolute Gasteiger partial charge is 0.394 e. The van der Waals surface area contributed by atoms with Crippen LogP contribution in [0.15, 0.2) is 30.5 Å². The average molecular weight is 476 g/mol. The summed E-state index contributed by atoms with van der Waals surface area (Å²) in [5.74, 6) is 0.0163. The van der Waals surface area contributed by atoms with Crippen LogP contribution in [0, 0.1) is 0 Å². The molecule has 174 valence electrons. The Balaban J connectivity index is 0.000000861. The molecule has 1 atom stereocenters. The number of rotatable bonds is 9. The normalized spacial score (nSPS) is 12.4. The summed E-state index contributed by atoms with van der Waals surface area (Å²) >= 11 is 6.07. The number of aliphatic hydroxyl groups is 1. The molecule has 0 radical (unpaired) electrons. The minimum absolute atomic E-state index is 0.0163. The number of fused-ring (bicyclic) bond motifs is 1. The Morgan fingerprint density at radius 2 is 1.87 bits per heavy atom. The first-order valence-electron chi connectivity index (χ1n) is 9.85. The Hall–Kier alpha value is -1.82. The van der Waals surface area contributed by atoms with Gasteiger partial charge >= 0.3 is 10.4 Å². The number of nitrogens with zero attached hydrogens (tertiary/aromatic N) is 3. The van der Waals surface area contributed by atoms with Gasteiger partial charge in [-0.3, -0.25) is 18.9 Å². The summed E-state index contributed by atoms with van der Waals surface area (Å²) in [6.45, 7) is 8.47. The van der Waals surface area contributed by atoms with Crippen LogP contribution in [-0.4, -0.2) is 70.7 Å². The van der Waals surface area contributed by atoms with E-state index in [1.54, 1.807) is 13.1 Å². The number of carbonyl (C=O) groups excluding carboxylic acids is 1. The monoisotopic (exact) mass is 475 g/mol. The molecule has 0 aliphatic heterocycles. The standard InChI is InChI=1S/C20H28ClN3O2.H2O4S/c1-4-23(12-13-25)11-5-6-15(2)24(16(3)26)20-9-10-22-19-14-17(21)7-8-18(19)20;1-5(2,3)4/h7-10,14-15,25H,4-6,11-13H2,1-3H3;(H2,1,2,3,4). The van der Waals surface area contributed by atoms with E-state index in [9.17, 15) is 4.79 Å². The molecule has 1 aromatic carbocycles. The molecule has 2 aromatic rings. The van der Waals surface area contributed by atoms with Crippen LogP contribution in [0.4, 0.5) is 5.69 Å². The molecule has 0 saturated heterocycles. The predicted octanol–water partition coefficient (Wildman–Crippen LogP) is 3.07. The Labute approximate surface area is 188 Å². The SMILES string of the molecule is CCN(CCO)CCCC(C)N(C(C)=O)c1ccnc2cc(Cl)ccc12.O=S(=O)(O)O. The van der Waals surface area contributed by atoms with Crippen molar-refractivity contribution in [1.82, 2.24) is 9.88 Å². The van der Waals surface area contributed by atoms with E-state index in [4.69, 9.17) is 34.2 Å². The summed E-state index contributed by atoms with van der Waals surface area (Å²) in [5, 5.41) is 10.7. The van der Waals surface area contributed by atoms with Crippen molar-refractivity contribution in [2.24, 2.45) is 0 Å². The van der Waals surface area contributed by atoms with Crippen molar-refractivity contribution in [2.75, 3.05) is 31.1 Å². The van der Waals surface area contributed by atoms with Crippen molar-refractivity contribution in [3.05, 3.63) is 35.5 Å². The fourth-order valence-corrected chi connectivity index (χ4v) is 3.51. The molecule has 0 bridgehead atoms. The number of aromatic nitrogens is 1. The second-order valence-corrected chi connectivity index (χ2v) is 8.31. The van der Waals surface area contributed by atoms with Crippen molar-refractivity contribution in [1.29, 1.82) is 0 Å². The lowest BCUT2D eigenvalue weighted by atomic mass is 10.1. The number of hydrogen-bond acceptors (Lipinski definition) is 6. The van der Waals surface area contributed by atoms with Gasteiger partial charge in [0.25, 0.3) is 0 Å². The molecule has 3 N–H and O–H groups in total. The average Bonchev–Trinajstić information content (AvgIpc) is 2.65. The van der Waals surface area contributed by atoms with Crippen LogP contribution in [0.5, 0.6) is 0 Å². The highest BCUT2D eigenvalue weighted by molar-refractivity contribution is 7.79. The molecule has 0 fully saturated rings. The maximum absolute atomic E-state index is 12.4. The van der Waals surface area contributed by atoms with Crippen molar-refractivity contribution >= 4 is 44.5 Å². The van der Waals surface area contributed by atoms with E-state index in [-0.39, 0.29) is 18.6 Å². The van der Waals surface area contributed by atoms with Crippen LogP contribution >= 0.6 is 11.6 Å². The minimum Gasteiger partial charge on any atom is -0.395 e. The maximum atomic E-state index is 12.4. The lowest BCUT2D eigenvalue weighted by Gasteiger charge is -2.30. The first-order chi connectivity index (χ1) is 14.5. The quantitative estimate of drug-likeness (QED) is 0.471. The van der Waals surface area contributed by atoms with Crippen LogP contribution in [0.2, 0.25) is 5.02 Å². The van der Waals surface area contributed by atoms with E-state index in [0.717, 1.165) is 42.5 Å². The molecule has 11 heteroatoms. The molecule has 0 saturated carbocycles. The summed E-state index contributed by atoms with van der Waals surface area (Å²) in [6, 6.07) is 7.52. The number of amides is 1. The van der Waals surface area contributed by atoms with E-state index >= 15 is 0 Å². The number of benzene rings is 1. The summed E-state index contributed by atoms with van der Waals surface area (Å²) in [5.41, 5.74) is 1.66. The molecule has 0 aliphatic rings. The predicted molar refractivity (Wildman–Crippen MR) is 122 cm³/mol. The van der Waals surface area contributed by atoms with Gasteiger partial charge in [0.15, 0.2) is 0 Å². The molecule has 1 heterocycles. The number of anilines is 1. The van der Waals surface area contributed by atoms with Crippen LogP contribution in [0.3, 0.4) is 0 Å². The van der Waals surface area contributed by atoms with Crippen LogP contribution < -0.4 is 4.90 Å². The van der Waals surface area contributed by atoms with Gasteiger partial charge in [0.1, 0.15) is 0 Å². The van der Waals surface area contributed by atoms with Crippen LogP contribution in [0.25, 0.3) is 10.9 Å². The van der Waals surface area contributed by atoms with E-state index in [1.165, 1.54) is 0 Å². The van der Waals surface area contributed by atoms with E-state index in [1.807, 2.05) is 29.2 Å². The molecule has 0 aliphatic carbocycles. The van der Waals surface area contributed by atoms with E-state index in [0.29, 0.717) is 11.6 Å². The highest BCUT2D eigenvalue weighted by Crippen LogP contribution is 2.29. The summed E-state index contributed by atoms with van der Waals surface area (Å²) in [4.78, 5) is 20.8. The lowest BCUT2D eigenvalue weighted by Crippen LogP contribution is -2.38. The Bertz CT molecular complexity index is 949. The second kappa shape index (κ2) is 12.9. The number of hydrogen-bond donors (Lipinski definition) is 3. The molecule has 1 unspecified atom stereocenters. The summed E-state index contributed by atoms with van der Waals surface area (Å²) in [6.07, 6.45) is 3.57. The van der Waals surface area contributed by atoms with Gasteiger partial charge in [0.2, 0.25) is 5.91 Å². The Morgan fingerprint density at radius 3 is 2.42 bits per heavy atom. The third kappa shape index (κ3) is 9.90. The van der Waals surface area contributed by atoms with Crippen molar-refractivity contribution in [2.45, 2.75) is 39.7 Å². The van der Waals surface area contributed by atoms with Crippen LogP contribution in [-0.2, 0) is 15.2 Å². The topological polar surface area (TPSA) is 131 Å². The van der Waals surface area contributed by atoms with Gasteiger partial charge in [-0.05, 0) is 57.1 Å². The third-order valence-electron chi connectivity index (χ3n) is 4.68. The maximum Gasteiger partial charge on any atom is 0.394 e. The second-order valence-electron chi connectivity index (χ2n) is 6.98. The largest absolute Gasteiger partial charge is 0.395 e. The third-order valence-corrected chi connectivity index (χ3v) is 4.92. The molecular weight excluding hydrogens is 446 g/mol. The first-order valence-corrected chi connectivity index (χ1v) is 11.6.